The number of hydrogen-bond donors (Lipinski definition) is 1. The van der Waals surface area contributed by atoms with Gasteiger partial charge in [-0.1, -0.05) is 44.2 Å². The van der Waals surface area contributed by atoms with Crippen molar-refractivity contribution in [2.75, 3.05) is 13.2 Å². The molecule has 38 heavy (non-hydrogen) atoms. The average Bonchev–Trinajstić information content (AvgIpc) is 3.51. The number of carbonyl (C=O) groups is 2. The smallest absolute Gasteiger partial charge is 0.446 e. The van der Waals surface area contributed by atoms with Crippen molar-refractivity contribution in [2.45, 2.75) is 82.7 Å². The molecule has 3 saturated carbocycles. The summed E-state index contributed by atoms with van der Waals surface area (Å²) in [6.07, 6.45) is -3.41. The van der Waals surface area contributed by atoms with Crippen molar-refractivity contribution in [3.05, 3.63) is 35.9 Å². The number of halogens is 3. The molecule has 2 heterocycles. The maximum absolute atomic E-state index is 13.3. The van der Waals surface area contributed by atoms with Crippen molar-refractivity contribution in [3.8, 4) is 0 Å². The summed E-state index contributed by atoms with van der Waals surface area (Å²) in [6, 6.07) is 8.77. The number of hydrogen-bond acceptors (Lipinski definition) is 7. The van der Waals surface area contributed by atoms with E-state index in [1.54, 1.807) is 30.3 Å². The zero-order valence-corrected chi connectivity index (χ0v) is 21.8. The Morgan fingerprint density at radius 1 is 1.21 bits per heavy atom. The van der Waals surface area contributed by atoms with Crippen molar-refractivity contribution in [2.24, 2.45) is 17.3 Å². The minimum absolute atomic E-state index is 0.0215. The first kappa shape index (κ1) is 27.3. The molecule has 12 heteroatoms. The minimum atomic E-state index is -5.31. The van der Waals surface area contributed by atoms with Gasteiger partial charge in [0.25, 0.3) is 0 Å². The van der Waals surface area contributed by atoms with Gasteiger partial charge in [0, 0.05) is 6.04 Å². The summed E-state index contributed by atoms with van der Waals surface area (Å²) in [6.45, 7) is 7.04. The molecular weight excluding hydrogens is 504 g/mol. The van der Waals surface area contributed by atoms with Gasteiger partial charge in [0.2, 0.25) is 0 Å². The Labute approximate surface area is 220 Å². The van der Waals surface area contributed by atoms with Gasteiger partial charge in [0.15, 0.2) is 0 Å². The number of benzene rings is 1. The lowest BCUT2D eigenvalue weighted by Crippen LogP contribution is -2.65. The Hall–Kier alpha value is -2.31. The number of nitrogens with one attached hydrogen (secondary N) is 1. The van der Waals surface area contributed by atoms with Crippen LogP contribution in [0.4, 0.5) is 18.0 Å². The Morgan fingerprint density at radius 3 is 2.58 bits per heavy atom. The highest BCUT2D eigenvalue weighted by Gasteiger charge is 2.69. The molecule has 0 radical (unpaired) electrons. The van der Waals surface area contributed by atoms with Crippen LogP contribution in [0.15, 0.2) is 30.3 Å². The lowest BCUT2D eigenvalue weighted by molar-refractivity contribution is -0.234. The molecule has 1 N–H and O–H groups in total. The van der Waals surface area contributed by atoms with Gasteiger partial charge in [-0.3, -0.25) is 0 Å². The van der Waals surface area contributed by atoms with Crippen molar-refractivity contribution in [1.82, 2.24) is 10.4 Å². The molecule has 2 saturated heterocycles. The number of amides is 1. The molecule has 0 spiro atoms. The number of alkyl halides is 3. The van der Waals surface area contributed by atoms with Gasteiger partial charge in [-0.15, -0.1) is 5.06 Å². The third-order valence-corrected chi connectivity index (χ3v) is 9.03. The molecule has 8 nitrogen and oxygen atoms in total. The van der Waals surface area contributed by atoms with Crippen LogP contribution in [0.3, 0.4) is 0 Å². The van der Waals surface area contributed by atoms with Crippen LogP contribution in [0, 0.1) is 17.3 Å². The number of nitrogens with zero attached hydrogens (tertiary/aromatic N) is 1. The molecule has 3 aliphatic carbocycles. The molecule has 208 valence electrons. The summed E-state index contributed by atoms with van der Waals surface area (Å²) in [5, 5.41) is 3.54. The Kier molecular flexibility index (Phi) is 7.19. The van der Waals surface area contributed by atoms with Crippen LogP contribution in [-0.2, 0) is 30.1 Å². The molecule has 1 amide bonds. The fraction of sp³-hybridized carbons (Fsp3) is 0.692. The van der Waals surface area contributed by atoms with Gasteiger partial charge < -0.3 is 24.2 Å². The lowest BCUT2D eigenvalue weighted by atomic mass is 9.43. The monoisotopic (exact) mass is 538 g/mol. The lowest BCUT2D eigenvalue weighted by Gasteiger charge is -2.64. The number of hydroxylamine groups is 2. The molecule has 2 aliphatic heterocycles. The Balaban J connectivity index is 1.44. The fourth-order valence-corrected chi connectivity index (χ4v) is 6.72. The van der Waals surface area contributed by atoms with E-state index in [4.69, 9.17) is 18.9 Å². The Morgan fingerprint density at radius 2 is 1.95 bits per heavy atom. The second kappa shape index (κ2) is 10.0. The highest BCUT2D eigenvalue weighted by Crippen LogP contribution is 2.65. The quantitative estimate of drug-likeness (QED) is 0.432. The number of ether oxygens (including phenoxy) is 1. The van der Waals surface area contributed by atoms with Gasteiger partial charge in [-0.05, 0) is 68.4 Å². The number of carbonyl (C=O) groups excluding carboxylic acids is 2. The van der Waals surface area contributed by atoms with E-state index in [9.17, 15) is 22.8 Å². The summed E-state index contributed by atoms with van der Waals surface area (Å²) < 4.78 is 58.0. The van der Waals surface area contributed by atoms with Crippen LogP contribution >= 0.6 is 0 Å². The first-order chi connectivity index (χ1) is 17.9. The normalized spacial score (nSPS) is 32.2. The highest BCUT2D eigenvalue weighted by molar-refractivity contribution is 6.47. The molecular formula is C26H34BF3N2O6. The highest BCUT2D eigenvalue weighted by atomic mass is 19.4. The largest absolute Gasteiger partial charge is 0.493 e. The molecule has 0 aromatic heterocycles. The standard InChI is InChI=1S/C26H34BF3N2O6/c1-24(2)17-13-19(24)25(3)20(14-17)36-27(38-25)21(12-16-8-5-4-6-9-16)32(37-22(33)26(28,29)30)23(34)35-15-18-10-7-11-31-18/h4-6,8-9,17-21,31H,7,10-15H2,1-3H3/t17-,18+,19-,20+,21-,25-/m0/s1. The van der Waals surface area contributed by atoms with Crippen molar-refractivity contribution in [1.29, 1.82) is 0 Å². The van der Waals surface area contributed by atoms with Crippen LogP contribution in [0.2, 0.25) is 0 Å². The summed E-state index contributed by atoms with van der Waals surface area (Å²) >= 11 is 0. The van der Waals surface area contributed by atoms with Crippen LogP contribution < -0.4 is 5.32 Å². The third kappa shape index (κ3) is 5.02. The summed E-state index contributed by atoms with van der Waals surface area (Å²) in [5.41, 5.74) is 0.0521. The maximum atomic E-state index is 13.3. The van der Waals surface area contributed by atoms with E-state index in [1.165, 1.54) is 0 Å². The molecule has 5 fully saturated rings. The molecule has 6 rings (SSSR count). The second-order valence-electron chi connectivity index (χ2n) is 11.7. The molecule has 0 unspecified atom stereocenters. The topological polar surface area (TPSA) is 86.3 Å². The van der Waals surface area contributed by atoms with E-state index in [1.807, 2.05) is 6.92 Å². The maximum Gasteiger partial charge on any atom is 0.493 e. The van der Waals surface area contributed by atoms with E-state index >= 15 is 0 Å². The predicted octanol–water partition coefficient (Wildman–Crippen LogP) is 4.08. The molecule has 2 bridgehead atoms. The molecule has 1 aromatic rings. The van der Waals surface area contributed by atoms with Crippen LogP contribution in [0.25, 0.3) is 0 Å². The first-order valence-corrected chi connectivity index (χ1v) is 13.2. The predicted molar refractivity (Wildman–Crippen MR) is 130 cm³/mol. The average molecular weight is 538 g/mol. The van der Waals surface area contributed by atoms with E-state index in [0.29, 0.717) is 16.5 Å². The summed E-state index contributed by atoms with van der Waals surface area (Å²) in [7, 11) is -1.13. The van der Waals surface area contributed by atoms with Crippen molar-refractivity contribution >= 4 is 19.2 Å². The van der Waals surface area contributed by atoms with E-state index in [0.717, 1.165) is 32.2 Å². The van der Waals surface area contributed by atoms with E-state index < -0.39 is 36.9 Å². The third-order valence-electron chi connectivity index (χ3n) is 9.03. The van der Waals surface area contributed by atoms with Gasteiger partial charge in [-0.25, -0.2) is 9.59 Å². The van der Waals surface area contributed by atoms with Crippen molar-refractivity contribution in [3.63, 3.8) is 0 Å². The SMILES string of the molecule is CC1(C)[C@@H]2C[C@H]3OB([C@H](Cc4ccccc4)N(OC(=O)C(F)(F)F)C(=O)OC[C@H]4CCCN4)O[C@@]3(C)[C@H]1C2. The number of rotatable bonds is 6. The van der Waals surface area contributed by atoms with Crippen LogP contribution in [0.1, 0.15) is 52.0 Å². The van der Waals surface area contributed by atoms with Crippen LogP contribution in [0.5, 0.6) is 0 Å². The second-order valence-corrected chi connectivity index (χ2v) is 11.7. The van der Waals surface area contributed by atoms with Gasteiger partial charge >= 0.3 is 25.4 Å². The van der Waals surface area contributed by atoms with Crippen LogP contribution in [-0.4, -0.2) is 67.3 Å². The zero-order valence-electron chi connectivity index (χ0n) is 21.8. The van der Waals surface area contributed by atoms with Gasteiger partial charge in [0.05, 0.1) is 11.7 Å². The summed E-state index contributed by atoms with van der Waals surface area (Å²) in [5.74, 6) is -3.09. The van der Waals surface area contributed by atoms with Gasteiger partial charge in [0.1, 0.15) is 12.5 Å². The minimum Gasteiger partial charge on any atom is -0.446 e. The van der Waals surface area contributed by atoms with E-state index in [2.05, 4.69) is 19.2 Å². The van der Waals surface area contributed by atoms with E-state index in [-0.39, 0.29) is 36.5 Å². The summed E-state index contributed by atoms with van der Waals surface area (Å²) in [4.78, 5) is 29.9. The fourth-order valence-electron chi connectivity index (χ4n) is 6.72. The van der Waals surface area contributed by atoms with Crippen molar-refractivity contribution < 1.29 is 41.6 Å². The zero-order chi connectivity index (χ0) is 27.3. The van der Waals surface area contributed by atoms with Gasteiger partial charge in [-0.2, -0.15) is 13.2 Å². The molecule has 1 aromatic carbocycles. The first-order valence-electron chi connectivity index (χ1n) is 13.2. The Bertz CT molecular complexity index is 1040. The molecule has 5 aliphatic rings. The molecule has 6 atom stereocenters.